The van der Waals surface area contributed by atoms with Crippen molar-refractivity contribution >= 4 is 27.5 Å². The second kappa shape index (κ2) is 4.17. The number of rotatable bonds is 2. The molecular weight excluding hydrogens is 314 g/mol. The van der Waals surface area contributed by atoms with Crippen LogP contribution in [0.15, 0.2) is 35.1 Å². The molecule has 2 unspecified atom stereocenters. The fourth-order valence-electron chi connectivity index (χ4n) is 2.45. The van der Waals surface area contributed by atoms with Crippen LogP contribution in [0.4, 0.5) is 0 Å². The Kier molecular flexibility index (Phi) is 2.87. The molecule has 2 aliphatic rings. The quantitative estimate of drug-likeness (QED) is 0.782. The average Bonchev–Trinajstić information content (AvgIpc) is 2.77. The molecule has 96 valence electrons. The van der Waals surface area contributed by atoms with Gasteiger partial charge in [0, 0.05) is 16.6 Å². The van der Waals surface area contributed by atoms with Crippen LogP contribution in [-0.4, -0.2) is 10.9 Å². The van der Waals surface area contributed by atoms with Crippen molar-refractivity contribution in [3.8, 4) is 0 Å². The number of nitrogens with zero attached hydrogens (tertiary/aromatic N) is 1. The lowest BCUT2D eigenvalue weighted by Crippen LogP contribution is -2.25. The first-order valence-corrected chi connectivity index (χ1v) is 7.21. The Labute approximate surface area is 121 Å². The normalized spacial score (nSPS) is 28.9. The van der Waals surface area contributed by atoms with Crippen molar-refractivity contribution in [3.63, 3.8) is 0 Å². The van der Waals surface area contributed by atoms with Gasteiger partial charge in [-0.25, -0.2) is 0 Å². The molecule has 0 bridgehead atoms. The molecule has 1 aromatic carbocycles. The molecule has 1 heterocycles. The van der Waals surface area contributed by atoms with Crippen molar-refractivity contribution in [3.05, 3.63) is 45.7 Å². The maximum absolute atomic E-state index is 5.93. The van der Waals surface area contributed by atoms with E-state index in [9.17, 15) is 0 Å². The highest BCUT2D eigenvalue weighted by atomic mass is 79.9. The molecule has 0 N–H and O–H groups in total. The molecule has 1 aliphatic heterocycles. The van der Waals surface area contributed by atoms with Gasteiger partial charge in [0.1, 0.15) is 0 Å². The van der Waals surface area contributed by atoms with Crippen molar-refractivity contribution in [2.75, 3.05) is 0 Å². The van der Waals surface area contributed by atoms with Gasteiger partial charge < -0.3 is 9.64 Å². The highest BCUT2D eigenvalue weighted by molar-refractivity contribution is 9.11. The molecule has 0 saturated heterocycles. The number of ether oxygens (including phenoxy) is 1. The summed E-state index contributed by atoms with van der Waals surface area (Å²) in [5, 5.41) is 0.752. The van der Waals surface area contributed by atoms with E-state index in [0.717, 1.165) is 15.3 Å². The summed E-state index contributed by atoms with van der Waals surface area (Å²) in [7, 11) is 0. The van der Waals surface area contributed by atoms with Gasteiger partial charge in [-0.1, -0.05) is 37.6 Å². The molecular formula is C14H15BrClNO. The van der Waals surface area contributed by atoms with Crippen LogP contribution in [0, 0.1) is 5.41 Å². The van der Waals surface area contributed by atoms with E-state index in [1.165, 1.54) is 6.42 Å². The summed E-state index contributed by atoms with van der Waals surface area (Å²) in [6.07, 6.45) is 3.22. The predicted octanol–water partition coefficient (Wildman–Crippen LogP) is 4.66. The number of benzene rings is 1. The van der Waals surface area contributed by atoms with Crippen LogP contribution in [0.25, 0.3) is 0 Å². The highest BCUT2D eigenvalue weighted by Gasteiger charge is 2.52. The van der Waals surface area contributed by atoms with Crippen LogP contribution in [0.1, 0.15) is 32.1 Å². The summed E-state index contributed by atoms with van der Waals surface area (Å²) in [6.45, 7) is 4.58. The Balaban J connectivity index is 1.86. The van der Waals surface area contributed by atoms with E-state index in [0.29, 0.717) is 11.5 Å². The van der Waals surface area contributed by atoms with Crippen LogP contribution >= 0.6 is 27.5 Å². The van der Waals surface area contributed by atoms with Crippen LogP contribution in [-0.2, 0) is 4.74 Å². The minimum Gasteiger partial charge on any atom is -0.458 e. The Morgan fingerprint density at radius 1 is 1.33 bits per heavy atom. The van der Waals surface area contributed by atoms with Gasteiger partial charge in [0.15, 0.2) is 10.9 Å². The summed E-state index contributed by atoms with van der Waals surface area (Å²) >= 11 is 9.36. The molecule has 0 spiro atoms. The molecule has 1 aromatic rings. The van der Waals surface area contributed by atoms with E-state index < -0.39 is 0 Å². The van der Waals surface area contributed by atoms with Crippen molar-refractivity contribution < 1.29 is 4.74 Å². The molecule has 0 radical (unpaired) electrons. The van der Waals surface area contributed by atoms with Crippen LogP contribution in [0.3, 0.4) is 0 Å². The maximum atomic E-state index is 5.93. The Morgan fingerprint density at radius 3 is 2.50 bits per heavy atom. The molecule has 18 heavy (non-hydrogen) atoms. The van der Waals surface area contributed by atoms with Crippen molar-refractivity contribution in [1.82, 2.24) is 4.90 Å². The lowest BCUT2D eigenvalue weighted by molar-refractivity contribution is 0.0424. The van der Waals surface area contributed by atoms with Gasteiger partial charge in [-0.2, -0.15) is 0 Å². The highest BCUT2D eigenvalue weighted by Crippen LogP contribution is 2.53. The van der Waals surface area contributed by atoms with Crippen molar-refractivity contribution in [2.45, 2.75) is 32.5 Å². The van der Waals surface area contributed by atoms with Gasteiger partial charge in [0.25, 0.3) is 0 Å². The number of hydrogen-bond acceptors (Lipinski definition) is 2. The topological polar surface area (TPSA) is 12.5 Å². The second-order valence-corrected chi connectivity index (χ2v) is 6.83. The second-order valence-electron chi connectivity index (χ2n) is 5.61. The first-order valence-electron chi connectivity index (χ1n) is 6.04. The SMILES string of the molecule is CC1(C)CC1N1C=C(Br)OC1c1ccc(Cl)cc1. The zero-order valence-corrected chi connectivity index (χ0v) is 12.7. The summed E-state index contributed by atoms with van der Waals surface area (Å²) in [6, 6.07) is 8.41. The number of hydrogen-bond donors (Lipinski definition) is 0. The van der Waals surface area contributed by atoms with E-state index in [1.807, 2.05) is 24.3 Å². The number of halogens is 2. The third-order valence-electron chi connectivity index (χ3n) is 3.72. The van der Waals surface area contributed by atoms with Gasteiger partial charge >= 0.3 is 0 Å². The summed E-state index contributed by atoms with van der Waals surface area (Å²) in [5.41, 5.74) is 1.51. The lowest BCUT2D eigenvalue weighted by atomic mass is 10.1. The third kappa shape index (κ3) is 2.14. The average molecular weight is 329 g/mol. The zero-order chi connectivity index (χ0) is 12.9. The molecule has 4 heteroatoms. The molecule has 2 atom stereocenters. The Hall–Kier alpha value is -0.670. The molecule has 0 aromatic heterocycles. The van der Waals surface area contributed by atoms with E-state index in [-0.39, 0.29) is 6.23 Å². The fourth-order valence-corrected chi connectivity index (χ4v) is 2.99. The van der Waals surface area contributed by atoms with Gasteiger partial charge in [-0.3, -0.25) is 0 Å². The van der Waals surface area contributed by atoms with E-state index in [2.05, 4.69) is 40.9 Å². The van der Waals surface area contributed by atoms with Crippen molar-refractivity contribution in [1.29, 1.82) is 0 Å². The van der Waals surface area contributed by atoms with Crippen LogP contribution < -0.4 is 0 Å². The monoisotopic (exact) mass is 327 g/mol. The molecule has 1 fully saturated rings. The Bertz CT molecular complexity index is 497. The lowest BCUT2D eigenvalue weighted by Gasteiger charge is -2.26. The van der Waals surface area contributed by atoms with Gasteiger partial charge in [-0.05, 0) is 39.9 Å². The van der Waals surface area contributed by atoms with Crippen molar-refractivity contribution in [2.24, 2.45) is 5.41 Å². The summed E-state index contributed by atoms with van der Waals surface area (Å²) in [5.74, 6) is 0. The fraction of sp³-hybridized carbons (Fsp3) is 0.429. The van der Waals surface area contributed by atoms with E-state index >= 15 is 0 Å². The third-order valence-corrected chi connectivity index (χ3v) is 4.37. The van der Waals surface area contributed by atoms with Gasteiger partial charge in [0.05, 0.1) is 6.20 Å². The van der Waals surface area contributed by atoms with Gasteiger partial charge in [-0.15, -0.1) is 0 Å². The molecule has 3 rings (SSSR count). The summed E-state index contributed by atoms with van der Waals surface area (Å²) < 4.78 is 6.65. The Morgan fingerprint density at radius 2 is 1.94 bits per heavy atom. The zero-order valence-electron chi connectivity index (χ0n) is 10.4. The predicted molar refractivity (Wildman–Crippen MR) is 76.3 cm³/mol. The maximum Gasteiger partial charge on any atom is 0.199 e. The molecule has 2 nitrogen and oxygen atoms in total. The smallest absolute Gasteiger partial charge is 0.199 e. The van der Waals surface area contributed by atoms with Gasteiger partial charge in [0.2, 0.25) is 0 Å². The molecule has 0 amide bonds. The van der Waals surface area contributed by atoms with Crippen LogP contribution in [0.5, 0.6) is 0 Å². The largest absolute Gasteiger partial charge is 0.458 e. The van der Waals surface area contributed by atoms with E-state index in [4.69, 9.17) is 16.3 Å². The standard InChI is InChI=1S/C14H15BrClNO/c1-14(2)7-11(14)17-8-12(15)18-13(17)9-3-5-10(16)6-4-9/h3-6,8,11,13H,7H2,1-2H3. The first-order chi connectivity index (χ1) is 8.47. The minimum atomic E-state index is -0.0385. The van der Waals surface area contributed by atoms with Crippen LogP contribution in [0.2, 0.25) is 5.02 Å². The molecule has 1 saturated carbocycles. The summed E-state index contributed by atoms with van der Waals surface area (Å²) in [4.78, 5) is 2.30. The van der Waals surface area contributed by atoms with E-state index in [1.54, 1.807) is 0 Å². The molecule has 1 aliphatic carbocycles. The minimum absolute atomic E-state index is 0.0385. The first kappa shape index (κ1) is 12.4.